The van der Waals surface area contributed by atoms with E-state index < -0.39 is 17.4 Å². The minimum atomic E-state index is -1.04. The van der Waals surface area contributed by atoms with Gasteiger partial charge in [0.05, 0.1) is 5.41 Å². The van der Waals surface area contributed by atoms with Crippen LogP contribution < -0.4 is 0 Å². The molecule has 4 saturated carbocycles. The second kappa shape index (κ2) is 4.31. The third kappa shape index (κ3) is 1.86. The van der Waals surface area contributed by atoms with E-state index in [4.69, 9.17) is 0 Å². The summed E-state index contributed by atoms with van der Waals surface area (Å²) in [6, 6.07) is -0.932. The fourth-order valence-electron chi connectivity index (χ4n) is 5.80. The van der Waals surface area contributed by atoms with Crippen LogP contribution in [0.4, 0.5) is 0 Å². The van der Waals surface area contributed by atoms with Crippen molar-refractivity contribution >= 4 is 17.8 Å². The fraction of sp³-hybridized carbons (Fsp3) is 0.812. The minimum absolute atomic E-state index is 0.170. The van der Waals surface area contributed by atoms with Gasteiger partial charge in [-0.15, -0.1) is 0 Å². The van der Waals surface area contributed by atoms with E-state index in [1.807, 2.05) is 0 Å². The third-order valence-electron chi connectivity index (χ3n) is 6.21. The first-order valence-corrected chi connectivity index (χ1v) is 8.08. The van der Waals surface area contributed by atoms with Gasteiger partial charge < -0.3 is 5.11 Å². The summed E-state index contributed by atoms with van der Waals surface area (Å²) in [5.41, 5.74) is -0.428. The summed E-state index contributed by atoms with van der Waals surface area (Å²) < 4.78 is 0. The Balaban J connectivity index is 1.65. The SMILES string of the molecule is O=C(O)C1CCC(=O)N1C(=O)C12CC3CC(CC(C3)C1)C2. The molecule has 0 aromatic heterocycles. The van der Waals surface area contributed by atoms with Crippen molar-refractivity contribution in [3.8, 4) is 0 Å². The van der Waals surface area contributed by atoms with Gasteiger partial charge in [0, 0.05) is 6.42 Å². The monoisotopic (exact) mass is 291 g/mol. The van der Waals surface area contributed by atoms with Crippen LogP contribution in [0.2, 0.25) is 0 Å². The molecule has 1 atom stereocenters. The Labute approximate surface area is 123 Å². The molecule has 1 unspecified atom stereocenters. The number of aliphatic carboxylic acids is 1. The molecule has 5 rings (SSSR count). The summed E-state index contributed by atoms with van der Waals surface area (Å²) in [4.78, 5) is 37.6. The first-order chi connectivity index (χ1) is 9.98. The Morgan fingerprint density at radius 3 is 2.05 bits per heavy atom. The number of carbonyl (C=O) groups excluding carboxylic acids is 2. The van der Waals surface area contributed by atoms with E-state index in [2.05, 4.69) is 0 Å². The van der Waals surface area contributed by atoms with Gasteiger partial charge in [-0.1, -0.05) is 0 Å². The van der Waals surface area contributed by atoms with Gasteiger partial charge in [-0.25, -0.2) is 4.79 Å². The largest absolute Gasteiger partial charge is 0.480 e. The molecular formula is C16H21NO4. The predicted octanol–water partition coefficient (Wildman–Crippen LogP) is 1.80. The predicted molar refractivity (Wildman–Crippen MR) is 73.1 cm³/mol. The van der Waals surface area contributed by atoms with Crippen molar-refractivity contribution in [2.24, 2.45) is 23.2 Å². The molecule has 1 N–H and O–H groups in total. The molecule has 0 aromatic rings. The van der Waals surface area contributed by atoms with Gasteiger partial charge >= 0.3 is 5.97 Å². The summed E-state index contributed by atoms with van der Waals surface area (Å²) in [6.07, 6.45) is 6.74. The van der Waals surface area contributed by atoms with Crippen LogP contribution in [0.25, 0.3) is 0 Å². The van der Waals surface area contributed by atoms with Crippen molar-refractivity contribution < 1.29 is 19.5 Å². The van der Waals surface area contributed by atoms with E-state index in [-0.39, 0.29) is 24.7 Å². The van der Waals surface area contributed by atoms with Gasteiger partial charge in [0.2, 0.25) is 11.8 Å². The zero-order valence-corrected chi connectivity index (χ0v) is 12.1. The molecule has 0 spiro atoms. The number of amides is 2. The van der Waals surface area contributed by atoms with Crippen molar-refractivity contribution in [1.29, 1.82) is 0 Å². The van der Waals surface area contributed by atoms with E-state index >= 15 is 0 Å². The summed E-state index contributed by atoms with van der Waals surface area (Å²) in [6.45, 7) is 0. The Kier molecular flexibility index (Phi) is 2.72. The standard InChI is InChI=1S/C16H21NO4/c18-13-2-1-12(14(19)20)17(13)15(21)16-6-9-3-10(7-16)5-11(4-9)8-16/h9-12H,1-8H2,(H,19,20). The topological polar surface area (TPSA) is 74.7 Å². The Morgan fingerprint density at radius 2 is 1.57 bits per heavy atom. The maximum Gasteiger partial charge on any atom is 0.326 e. The molecule has 4 aliphatic carbocycles. The van der Waals surface area contributed by atoms with Gasteiger partial charge in [-0.3, -0.25) is 14.5 Å². The van der Waals surface area contributed by atoms with E-state index in [1.54, 1.807) is 0 Å². The smallest absolute Gasteiger partial charge is 0.326 e. The number of imide groups is 1. The number of nitrogens with zero attached hydrogens (tertiary/aromatic N) is 1. The normalized spacial score (nSPS) is 44.4. The summed E-state index contributed by atoms with van der Waals surface area (Å²) in [7, 11) is 0. The molecule has 0 aromatic carbocycles. The van der Waals surface area contributed by atoms with Crippen molar-refractivity contribution in [3.05, 3.63) is 0 Å². The molecule has 1 saturated heterocycles. The first-order valence-electron chi connectivity index (χ1n) is 8.08. The highest BCUT2D eigenvalue weighted by atomic mass is 16.4. The van der Waals surface area contributed by atoms with Crippen LogP contribution in [-0.4, -0.2) is 33.8 Å². The molecule has 114 valence electrons. The van der Waals surface area contributed by atoms with Gasteiger partial charge in [0.1, 0.15) is 6.04 Å². The molecule has 21 heavy (non-hydrogen) atoms. The highest BCUT2D eigenvalue weighted by molar-refractivity contribution is 6.03. The van der Waals surface area contributed by atoms with Gasteiger partial charge in [-0.2, -0.15) is 0 Å². The number of carboxylic acid groups (broad SMARTS) is 1. The Hall–Kier alpha value is -1.39. The highest BCUT2D eigenvalue weighted by Crippen LogP contribution is 2.60. The van der Waals surface area contributed by atoms with Gasteiger partial charge in [0.15, 0.2) is 0 Å². The third-order valence-corrected chi connectivity index (χ3v) is 6.21. The van der Waals surface area contributed by atoms with Crippen molar-refractivity contribution in [2.45, 2.75) is 57.4 Å². The quantitative estimate of drug-likeness (QED) is 0.787. The average molecular weight is 291 g/mol. The van der Waals surface area contributed by atoms with Gasteiger partial charge in [-0.05, 0) is 62.7 Å². The van der Waals surface area contributed by atoms with Crippen molar-refractivity contribution in [1.82, 2.24) is 4.90 Å². The lowest BCUT2D eigenvalue weighted by molar-refractivity contribution is -0.168. The zero-order valence-electron chi connectivity index (χ0n) is 12.1. The van der Waals surface area contributed by atoms with E-state index in [0.717, 1.165) is 24.2 Å². The first kappa shape index (κ1) is 13.3. The number of likely N-dealkylation sites (tertiary alicyclic amines) is 1. The lowest BCUT2D eigenvalue weighted by Gasteiger charge is -2.56. The van der Waals surface area contributed by atoms with E-state index in [9.17, 15) is 19.5 Å². The minimum Gasteiger partial charge on any atom is -0.480 e. The van der Waals surface area contributed by atoms with Gasteiger partial charge in [0.25, 0.3) is 0 Å². The molecular weight excluding hydrogens is 270 g/mol. The van der Waals surface area contributed by atoms with Crippen LogP contribution in [0, 0.1) is 23.2 Å². The second-order valence-corrected chi connectivity index (χ2v) is 7.66. The molecule has 5 heteroatoms. The maximum absolute atomic E-state index is 13.1. The molecule has 4 bridgehead atoms. The van der Waals surface area contributed by atoms with Crippen LogP contribution in [-0.2, 0) is 14.4 Å². The summed E-state index contributed by atoms with van der Waals surface area (Å²) in [5, 5.41) is 9.29. The van der Waals surface area contributed by atoms with E-state index in [0.29, 0.717) is 17.8 Å². The maximum atomic E-state index is 13.1. The average Bonchev–Trinajstić information content (AvgIpc) is 2.78. The van der Waals surface area contributed by atoms with Crippen molar-refractivity contribution in [3.63, 3.8) is 0 Å². The number of hydrogen-bond acceptors (Lipinski definition) is 3. The highest BCUT2D eigenvalue weighted by Gasteiger charge is 2.58. The van der Waals surface area contributed by atoms with Crippen LogP contribution in [0.1, 0.15) is 51.4 Å². The number of carbonyl (C=O) groups is 3. The number of carboxylic acids is 1. The van der Waals surface area contributed by atoms with E-state index in [1.165, 1.54) is 19.3 Å². The Morgan fingerprint density at radius 1 is 1.05 bits per heavy atom. The molecule has 2 amide bonds. The van der Waals surface area contributed by atoms with Crippen LogP contribution in [0.3, 0.4) is 0 Å². The van der Waals surface area contributed by atoms with Crippen LogP contribution in [0.15, 0.2) is 0 Å². The Bertz CT molecular complexity index is 491. The second-order valence-electron chi connectivity index (χ2n) is 7.66. The molecule has 1 heterocycles. The molecule has 5 nitrogen and oxygen atoms in total. The van der Waals surface area contributed by atoms with Crippen molar-refractivity contribution in [2.75, 3.05) is 0 Å². The van der Waals surface area contributed by atoms with Crippen LogP contribution >= 0.6 is 0 Å². The number of rotatable bonds is 2. The molecule has 0 radical (unpaired) electrons. The molecule has 5 fully saturated rings. The lowest BCUT2D eigenvalue weighted by Crippen LogP contribution is -2.57. The molecule has 5 aliphatic rings. The fourth-order valence-corrected chi connectivity index (χ4v) is 5.80. The number of hydrogen-bond donors (Lipinski definition) is 1. The molecule has 1 aliphatic heterocycles. The van der Waals surface area contributed by atoms with Crippen LogP contribution in [0.5, 0.6) is 0 Å². The summed E-state index contributed by atoms with van der Waals surface area (Å²) >= 11 is 0. The summed E-state index contributed by atoms with van der Waals surface area (Å²) in [5.74, 6) is 0.335. The lowest BCUT2D eigenvalue weighted by atomic mass is 9.49. The zero-order chi connectivity index (χ0) is 14.8.